The van der Waals surface area contributed by atoms with Crippen molar-refractivity contribution in [3.63, 3.8) is 0 Å². The van der Waals surface area contributed by atoms with E-state index in [1.54, 1.807) is 12.3 Å². The van der Waals surface area contributed by atoms with Gasteiger partial charge >= 0.3 is 5.97 Å². The second-order valence-corrected chi connectivity index (χ2v) is 6.30. The topological polar surface area (TPSA) is 68.3 Å². The first-order chi connectivity index (χ1) is 10.7. The molecule has 2 aromatic heterocycles. The minimum atomic E-state index is -0.485. The van der Waals surface area contributed by atoms with E-state index in [1.807, 2.05) is 30.3 Å². The van der Waals surface area contributed by atoms with Gasteiger partial charge in [-0.1, -0.05) is 18.2 Å². The molecule has 0 saturated carbocycles. The summed E-state index contributed by atoms with van der Waals surface area (Å²) in [4.78, 5) is 28.5. The van der Waals surface area contributed by atoms with Gasteiger partial charge in [0, 0.05) is 10.1 Å². The number of nitrogens with zero attached hydrogens (tertiary/aromatic N) is 1. The number of amides is 1. The summed E-state index contributed by atoms with van der Waals surface area (Å²) in [6, 6.07) is 9.65. The van der Waals surface area contributed by atoms with Gasteiger partial charge in [-0.05, 0) is 24.4 Å². The molecule has 0 aliphatic rings. The van der Waals surface area contributed by atoms with E-state index in [1.165, 1.54) is 22.7 Å². The van der Waals surface area contributed by atoms with Crippen molar-refractivity contribution >= 4 is 49.8 Å². The lowest BCUT2D eigenvalue weighted by molar-refractivity contribution is 0.0520. The first kappa shape index (κ1) is 14.7. The van der Waals surface area contributed by atoms with Gasteiger partial charge in [-0.25, -0.2) is 9.78 Å². The van der Waals surface area contributed by atoms with Crippen molar-refractivity contribution in [1.82, 2.24) is 4.98 Å². The molecule has 0 fully saturated rings. The molecule has 112 valence electrons. The number of carbonyl (C=O) groups is 2. The van der Waals surface area contributed by atoms with Gasteiger partial charge in [0.25, 0.3) is 5.91 Å². The lowest BCUT2D eigenvalue weighted by atomic mass is 10.2. The fraction of sp³-hybridized carbons (Fsp3) is 0.133. The Morgan fingerprint density at radius 1 is 1.32 bits per heavy atom. The predicted molar refractivity (Wildman–Crippen MR) is 87.8 cm³/mol. The number of benzene rings is 1. The zero-order chi connectivity index (χ0) is 15.5. The van der Waals surface area contributed by atoms with E-state index in [0.717, 1.165) is 10.1 Å². The average Bonchev–Trinajstić information content (AvgIpc) is 3.13. The van der Waals surface area contributed by atoms with Gasteiger partial charge in [0.1, 0.15) is 0 Å². The maximum Gasteiger partial charge on any atom is 0.357 e. The third-order valence-corrected chi connectivity index (χ3v) is 4.73. The molecule has 3 aromatic rings. The second kappa shape index (κ2) is 6.25. The number of thiophene rings is 1. The van der Waals surface area contributed by atoms with Crippen LogP contribution in [0.3, 0.4) is 0 Å². The van der Waals surface area contributed by atoms with Crippen LogP contribution in [-0.4, -0.2) is 23.5 Å². The standard InChI is InChI=1S/C15H12N2O3S2/c1-2-20-14(19)10-8-21-15(16-10)17-13(18)12-7-9-5-3-4-6-11(9)22-12/h3-8H,2H2,1H3,(H,16,17,18). The van der Waals surface area contributed by atoms with Gasteiger partial charge in [0.2, 0.25) is 0 Å². The number of esters is 1. The van der Waals surface area contributed by atoms with Crippen LogP contribution in [0, 0.1) is 0 Å². The Labute approximate surface area is 134 Å². The molecule has 1 amide bonds. The minimum absolute atomic E-state index is 0.207. The highest BCUT2D eigenvalue weighted by atomic mass is 32.1. The van der Waals surface area contributed by atoms with Gasteiger partial charge in [0.05, 0.1) is 11.5 Å². The third-order valence-electron chi connectivity index (χ3n) is 2.86. The number of carbonyl (C=O) groups excluding carboxylic acids is 2. The molecule has 1 aromatic carbocycles. The fourth-order valence-electron chi connectivity index (χ4n) is 1.88. The van der Waals surface area contributed by atoms with Gasteiger partial charge in [-0.2, -0.15) is 0 Å². The van der Waals surface area contributed by atoms with Crippen LogP contribution in [0.1, 0.15) is 27.1 Å². The number of ether oxygens (including phenoxy) is 1. The van der Waals surface area contributed by atoms with Crippen LogP contribution >= 0.6 is 22.7 Å². The van der Waals surface area contributed by atoms with Crippen molar-refractivity contribution in [2.75, 3.05) is 11.9 Å². The Morgan fingerprint density at radius 2 is 2.14 bits per heavy atom. The summed E-state index contributed by atoms with van der Waals surface area (Å²) < 4.78 is 5.92. The highest BCUT2D eigenvalue weighted by Gasteiger charge is 2.15. The maximum absolute atomic E-state index is 12.2. The molecular weight excluding hydrogens is 320 g/mol. The lowest BCUT2D eigenvalue weighted by Crippen LogP contribution is -2.10. The molecule has 0 saturated heterocycles. The number of anilines is 1. The largest absolute Gasteiger partial charge is 0.461 e. The molecule has 0 aliphatic carbocycles. The molecular formula is C15H12N2O3S2. The minimum Gasteiger partial charge on any atom is -0.461 e. The van der Waals surface area contributed by atoms with Crippen LogP contribution in [0.15, 0.2) is 35.7 Å². The number of thiazole rings is 1. The summed E-state index contributed by atoms with van der Waals surface area (Å²) in [7, 11) is 0. The van der Waals surface area contributed by atoms with Gasteiger partial charge in [-0.15, -0.1) is 22.7 Å². The fourth-order valence-corrected chi connectivity index (χ4v) is 3.52. The van der Waals surface area contributed by atoms with Crippen LogP contribution < -0.4 is 5.32 Å². The predicted octanol–water partition coefficient (Wildman–Crippen LogP) is 3.79. The van der Waals surface area contributed by atoms with E-state index in [0.29, 0.717) is 16.6 Å². The first-order valence-corrected chi connectivity index (χ1v) is 8.29. The molecule has 3 rings (SSSR count). The maximum atomic E-state index is 12.2. The van der Waals surface area contributed by atoms with E-state index in [9.17, 15) is 9.59 Å². The molecule has 0 atom stereocenters. The zero-order valence-corrected chi connectivity index (χ0v) is 13.3. The van der Waals surface area contributed by atoms with E-state index < -0.39 is 5.97 Å². The van der Waals surface area contributed by atoms with Gasteiger partial charge < -0.3 is 4.74 Å². The summed E-state index contributed by atoms with van der Waals surface area (Å²) in [6.45, 7) is 2.02. The Morgan fingerprint density at radius 3 is 2.91 bits per heavy atom. The van der Waals surface area contributed by atoms with Crippen molar-refractivity contribution in [3.05, 3.63) is 46.3 Å². The molecule has 0 radical (unpaired) electrons. The summed E-state index contributed by atoms with van der Waals surface area (Å²) >= 11 is 2.61. The van der Waals surface area contributed by atoms with Crippen LogP contribution in [0.4, 0.5) is 5.13 Å². The molecule has 0 spiro atoms. The normalized spacial score (nSPS) is 10.6. The van der Waals surface area contributed by atoms with Crippen LogP contribution in [0.25, 0.3) is 10.1 Å². The van der Waals surface area contributed by atoms with Crippen molar-refractivity contribution in [2.45, 2.75) is 6.92 Å². The SMILES string of the molecule is CCOC(=O)c1csc(NC(=O)c2cc3ccccc3s2)n1. The Bertz CT molecular complexity index is 805. The van der Waals surface area contributed by atoms with Crippen molar-refractivity contribution in [3.8, 4) is 0 Å². The molecule has 0 aliphatic heterocycles. The van der Waals surface area contributed by atoms with Crippen molar-refractivity contribution < 1.29 is 14.3 Å². The van der Waals surface area contributed by atoms with E-state index >= 15 is 0 Å². The Balaban J connectivity index is 1.75. The smallest absolute Gasteiger partial charge is 0.357 e. The summed E-state index contributed by atoms with van der Waals surface area (Å²) in [5, 5.41) is 5.69. The Kier molecular flexibility index (Phi) is 4.17. The number of nitrogens with one attached hydrogen (secondary N) is 1. The molecule has 5 nitrogen and oxygen atoms in total. The average molecular weight is 332 g/mol. The first-order valence-electron chi connectivity index (χ1n) is 6.60. The summed E-state index contributed by atoms with van der Waals surface area (Å²) in [5.41, 5.74) is 0.207. The molecule has 0 unspecified atom stereocenters. The molecule has 2 heterocycles. The lowest BCUT2D eigenvalue weighted by Gasteiger charge is -1.98. The van der Waals surface area contributed by atoms with E-state index in [2.05, 4.69) is 10.3 Å². The highest BCUT2D eigenvalue weighted by Crippen LogP contribution is 2.26. The summed E-state index contributed by atoms with van der Waals surface area (Å²) in [5.74, 6) is -0.716. The number of rotatable bonds is 4. The molecule has 7 heteroatoms. The quantitative estimate of drug-likeness (QED) is 0.738. The third kappa shape index (κ3) is 3.00. The van der Waals surface area contributed by atoms with Crippen molar-refractivity contribution in [2.24, 2.45) is 0 Å². The monoisotopic (exact) mass is 332 g/mol. The Hall–Kier alpha value is -2.25. The molecule has 0 bridgehead atoms. The van der Waals surface area contributed by atoms with Crippen LogP contribution in [0.5, 0.6) is 0 Å². The number of aromatic nitrogens is 1. The number of hydrogen-bond donors (Lipinski definition) is 1. The van der Waals surface area contributed by atoms with Crippen LogP contribution in [0.2, 0.25) is 0 Å². The van der Waals surface area contributed by atoms with Crippen LogP contribution in [-0.2, 0) is 4.74 Å². The van der Waals surface area contributed by atoms with E-state index in [4.69, 9.17) is 4.74 Å². The summed E-state index contributed by atoms with van der Waals surface area (Å²) in [6.07, 6.45) is 0. The van der Waals surface area contributed by atoms with Gasteiger partial charge in [0.15, 0.2) is 10.8 Å². The second-order valence-electron chi connectivity index (χ2n) is 4.36. The molecule has 1 N–H and O–H groups in total. The molecule has 22 heavy (non-hydrogen) atoms. The van der Waals surface area contributed by atoms with Crippen molar-refractivity contribution in [1.29, 1.82) is 0 Å². The number of fused-ring (bicyclic) bond motifs is 1. The zero-order valence-electron chi connectivity index (χ0n) is 11.7. The van der Waals surface area contributed by atoms with Gasteiger partial charge in [-0.3, -0.25) is 10.1 Å². The number of hydrogen-bond acceptors (Lipinski definition) is 6. The highest BCUT2D eigenvalue weighted by molar-refractivity contribution is 7.21. The van der Waals surface area contributed by atoms with E-state index in [-0.39, 0.29) is 11.6 Å².